The quantitative estimate of drug-likeness (QED) is 0.856. The average Bonchev–Trinajstić information content (AvgIpc) is 2.40. The lowest BCUT2D eigenvalue weighted by Gasteiger charge is -2.32. The van der Waals surface area contributed by atoms with Crippen LogP contribution in [0.3, 0.4) is 0 Å². The van der Waals surface area contributed by atoms with E-state index in [0.29, 0.717) is 6.54 Å². The third-order valence-corrected chi connectivity index (χ3v) is 4.56. The first-order chi connectivity index (χ1) is 10.0. The van der Waals surface area contributed by atoms with Gasteiger partial charge in [-0.05, 0) is 38.5 Å². The second kappa shape index (κ2) is 7.11. The van der Waals surface area contributed by atoms with Gasteiger partial charge in [-0.25, -0.2) is 8.42 Å². The van der Waals surface area contributed by atoms with Crippen molar-refractivity contribution in [1.29, 1.82) is 0 Å². The molecule has 0 aliphatic heterocycles. The van der Waals surface area contributed by atoms with E-state index in [0.717, 1.165) is 17.6 Å². The number of nitrogens with zero attached hydrogens (tertiary/aromatic N) is 1. The zero-order valence-electron chi connectivity index (χ0n) is 13.7. The highest BCUT2D eigenvalue weighted by molar-refractivity contribution is 7.88. The number of hydrogen-bond acceptors (Lipinski definition) is 4. The molecule has 0 aliphatic carbocycles. The molecule has 6 nitrogen and oxygen atoms in total. The zero-order valence-corrected chi connectivity index (χ0v) is 14.5. The predicted octanol–water partition coefficient (Wildman–Crippen LogP) is 1.37. The van der Waals surface area contributed by atoms with E-state index in [4.69, 9.17) is 4.74 Å². The van der Waals surface area contributed by atoms with E-state index in [-0.39, 0.29) is 12.5 Å². The van der Waals surface area contributed by atoms with Gasteiger partial charge in [-0.3, -0.25) is 4.79 Å². The Morgan fingerprint density at radius 3 is 2.18 bits per heavy atom. The van der Waals surface area contributed by atoms with Crippen LogP contribution in [0.15, 0.2) is 24.3 Å². The minimum Gasteiger partial charge on any atom is -0.497 e. The molecule has 0 unspecified atom stereocenters. The molecule has 0 spiro atoms. The standard InChI is InChI=1S/C15H24N2O4S/c1-15(2,3)17(22(5,19)20)11-14(18)16-10-12-6-8-13(21-4)9-7-12/h6-9H,10-11H2,1-5H3,(H,16,18). The van der Waals surface area contributed by atoms with Gasteiger partial charge >= 0.3 is 0 Å². The number of hydrogen-bond donors (Lipinski definition) is 1. The van der Waals surface area contributed by atoms with Crippen molar-refractivity contribution in [1.82, 2.24) is 9.62 Å². The number of methoxy groups -OCH3 is 1. The number of nitrogens with one attached hydrogen (secondary N) is 1. The Labute approximate surface area is 132 Å². The van der Waals surface area contributed by atoms with E-state index in [1.54, 1.807) is 40.0 Å². The Balaban J connectivity index is 2.64. The van der Waals surface area contributed by atoms with Crippen molar-refractivity contribution in [3.8, 4) is 5.75 Å². The monoisotopic (exact) mass is 328 g/mol. The van der Waals surface area contributed by atoms with E-state index >= 15 is 0 Å². The molecule has 1 aromatic carbocycles. The fourth-order valence-corrected chi connectivity index (χ4v) is 3.33. The molecule has 124 valence electrons. The number of rotatable bonds is 6. The lowest BCUT2D eigenvalue weighted by Crippen LogP contribution is -2.49. The topological polar surface area (TPSA) is 75.7 Å². The number of amides is 1. The summed E-state index contributed by atoms with van der Waals surface area (Å²) in [4.78, 5) is 12.0. The summed E-state index contributed by atoms with van der Waals surface area (Å²) < 4.78 is 29.8. The summed E-state index contributed by atoms with van der Waals surface area (Å²) in [6.45, 7) is 5.41. The van der Waals surface area contributed by atoms with Crippen LogP contribution in [0.4, 0.5) is 0 Å². The van der Waals surface area contributed by atoms with Gasteiger partial charge in [0.05, 0.1) is 19.9 Å². The summed E-state index contributed by atoms with van der Waals surface area (Å²) in [6, 6.07) is 7.30. The van der Waals surface area contributed by atoms with Crippen LogP contribution in [-0.4, -0.2) is 44.1 Å². The highest BCUT2D eigenvalue weighted by atomic mass is 32.2. The first-order valence-electron chi connectivity index (χ1n) is 6.91. The first kappa shape index (κ1) is 18.4. The van der Waals surface area contributed by atoms with Crippen LogP contribution in [0.1, 0.15) is 26.3 Å². The Morgan fingerprint density at radius 1 is 1.23 bits per heavy atom. The highest BCUT2D eigenvalue weighted by Crippen LogP contribution is 2.16. The fourth-order valence-electron chi connectivity index (χ4n) is 1.98. The molecule has 1 N–H and O–H groups in total. The summed E-state index contributed by atoms with van der Waals surface area (Å²) in [5.74, 6) is 0.405. The third-order valence-electron chi connectivity index (χ3n) is 3.08. The van der Waals surface area contributed by atoms with E-state index < -0.39 is 15.6 Å². The zero-order chi connectivity index (χ0) is 17.0. The molecule has 0 atom stereocenters. The summed E-state index contributed by atoms with van der Waals surface area (Å²) in [5, 5.41) is 2.73. The van der Waals surface area contributed by atoms with E-state index in [2.05, 4.69) is 5.32 Å². The first-order valence-corrected chi connectivity index (χ1v) is 8.76. The minimum atomic E-state index is -3.45. The molecule has 0 fully saturated rings. The van der Waals surface area contributed by atoms with Gasteiger partial charge in [0.1, 0.15) is 5.75 Å². The summed E-state index contributed by atoms with van der Waals surface area (Å²) in [5.41, 5.74) is 0.265. The molecular weight excluding hydrogens is 304 g/mol. The van der Waals surface area contributed by atoms with Crippen molar-refractivity contribution >= 4 is 15.9 Å². The molecule has 1 amide bonds. The van der Waals surface area contributed by atoms with Gasteiger partial charge in [0.25, 0.3) is 0 Å². The molecule has 0 aliphatic rings. The number of ether oxygens (including phenoxy) is 1. The Bertz CT molecular complexity index is 603. The van der Waals surface area contributed by atoms with Gasteiger partial charge in [-0.2, -0.15) is 4.31 Å². The van der Waals surface area contributed by atoms with Crippen LogP contribution in [0.5, 0.6) is 5.75 Å². The molecule has 0 radical (unpaired) electrons. The molecule has 1 aromatic rings. The van der Waals surface area contributed by atoms with Gasteiger partial charge in [0, 0.05) is 12.1 Å². The van der Waals surface area contributed by atoms with Crippen molar-refractivity contribution in [3.05, 3.63) is 29.8 Å². The van der Waals surface area contributed by atoms with Crippen molar-refractivity contribution in [2.75, 3.05) is 19.9 Å². The lowest BCUT2D eigenvalue weighted by atomic mass is 10.1. The molecule has 7 heteroatoms. The maximum absolute atomic E-state index is 12.0. The van der Waals surface area contributed by atoms with E-state index in [9.17, 15) is 13.2 Å². The number of carbonyl (C=O) groups excluding carboxylic acids is 1. The summed E-state index contributed by atoms with van der Waals surface area (Å²) >= 11 is 0. The fraction of sp³-hybridized carbons (Fsp3) is 0.533. The van der Waals surface area contributed by atoms with Crippen LogP contribution in [-0.2, 0) is 21.4 Å². The normalized spacial score (nSPS) is 12.3. The number of benzene rings is 1. The lowest BCUT2D eigenvalue weighted by molar-refractivity contribution is -0.122. The highest BCUT2D eigenvalue weighted by Gasteiger charge is 2.31. The maximum atomic E-state index is 12.0. The maximum Gasteiger partial charge on any atom is 0.235 e. The summed E-state index contributed by atoms with van der Waals surface area (Å²) in [7, 11) is -1.87. The number of carbonyl (C=O) groups is 1. The molecule has 0 heterocycles. The molecule has 0 bridgehead atoms. The van der Waals surface area contributed by atoms with Crippen molar-refractivity contribution in [2.24, 2.45) is 0 Å². The second-order valence-electron chi connectivity index (χ2n) is 6.07. The van der Waals surface area contributed by atoms with Crippen LogP contribution >= 0.6 is 0 Å². The van der Waals surface area contributed by atoms with Gasteiger partial charge in [0.2, 0.25) is 15.9 Å². The SMILES string of the molecule is COc1ccc(CNC(=O)CN(C(C)(C)C)S(C)(=O)=O)cc1. The predicted molar refractivity (Wildman–Crippen MR) is 86.1 cm³/mol. The Kier molecular flexibility index (Phi) is 5.96. The van der Waals surface area contributed by atoms with Crippen LogP contribution in [0.25, 0.3) is 0 Å². The van der Waals surface area contributed by atoms with E-state index in [1.807, 2.05) is 12.1 Å². The van der Waals surface area contributed by atoms with E-state index in [1.165, 1.54) is 4.31 Å². The van der Waals surface area contributed by atoms with Gasteiger partial charge in [-0.15, -0.1) is 0 Å². The smallest absolute Gasteiger partial charge is 0.235 e. The number of sulfonamides is 1. The third kappa shape index (κ3) is 5.65. The molecule has 0 saturated carbocycles. The minimum absolute atomic E-state index is 0.196. The van der Waals surface area contributed by atoms with Crippen LogP contribution < -0.4 is 10.1 Å². The van der Waals surface area contributed by atoms with Crippen LogP contribution in [0, 0.1) is 0 Å². The largest absolute Gasteiger partial charge is 0.497 e. The van der Waals surface area contributed by atoms with Gasteiger partial charge in [0.15, 0.2) is 0 Å². The van der Waals surface area contributed by atoms with Crippen LogP contribution in [0.2, 0.25) is 0 Å². The molecular formula is C15H24N2O4S. The Hall–Kier alpha value is -1.60. The van der Waals surface area contributed by atoms with Crippen molar-refractivity contribution < 1.29 is 17.9 Å². The second-order valence-corrected chi connectivity index (χ2v) is 7.97. The molecule has 0 aromatic heterocycles. The van der Waals surface area contributed by atoms with Crippen molar-refractivity contribution in [2.45, 2.75) is 32.9 Å². The van der Waals surface area contributed by atoms with Gasteiger partial charge < -0.3 is 10.1 Å². The van der Waals surface area contributed by atoms with Gasteiger partial charge in [-0.1, -0.05) is 12.1 Å². The molecule has 0 saturated heterocycles. The Morgan fingerprint density at radius 2 is 1.77 bits per heavy atom. The molecule has 22 heavy (non-hydrogen) atoms. The molecule has 1 rings (SSSR count). The summed E-state index contributed by atoms with van der Waals surface area (Å²) in [6.07, 6.45) is 1.11. The average molecular weight is 328 g/mol. The van der Waals surface area contributed by atoms with Crippen molar-refractivity contribution in [3.63, 3.8) is 0 Å².